The minimum atomic E-state index is -0.399. The Morgan fingerprint density at radius 3 is 2.73 bits per heavy atom. The van der Waals surface area contributed by atoms with Crippen molar-refractivity contribution in [3.63, 3.8) is 0 Å². The largest absolute Gasteiger partial charge is 0.462 e. The molecule has 33 heavy (non-hydrogen) atoms. The summed E-state index contributed by atoms with van der Waals surface area (Å²) in [5.41, 5.74) is 2.16. The summed E-state index contributed by atoms with van der Waals surface area (Å²) >= 11 is 8.73. The van der Waals surface area contributed by atoms with E-state index in [4.69, 9.17) is 16.3 Å². The van der Waals surface area contributed by atoms with Gasteiger partial charge in [0, 0.05) is 27.1 Å². The molecule has 0 bridgehead atoms. The Labute approximate surface area is 204 Å². The highest BCUT2D eigenvalue weighted by Crippen LogP contribution is 2.40. The van der Waals surface area contributed by atoms with Crippen molar-refractivity contribution in [1.82, 2.24) is 0 Å². The number of thiophene rings is 1. The van der Waals surface area contributed by atoms with Crippen molar-refractivity contribution in [2.75, 3.05) is 6.61 Å². The van der Waals surface area contributed by atoms with E-state index in [1.165, 1.54) is 34.0 Å². The van der Waals surface area contributed by atoms with Crippen molar-refractivity contribution in [1.29, 1.82) is 0 Å². The lowest BCUT2D eigenvalue weighted by atomic mass is 9.95. The van der Waals surface area contributed by atoms with Crippen LogP contribution in [0.15, 0.2) is 57.2 Å². The molecular weight excluding hydrogens is 480 g/mol. The van der Waals surface area contributed by atoms with Gasteiger partial charge < -0.3 is 4.74 Å². The number of aryl methyl sites for hydroxylation is 1. The number of hydrogen-bond acceptors (Lipinski definition) is 7. The van der Waals surface area contributed by atoms with Gasteiger partial charge >= 0.3 is 5.97 Å². The Balaban J connectivity index is 1.64. The zero-order valence-electron chi connectivity index (χ0n) is 17.9. The van der Waals surface area contributed by atoms with Crippen LogP contribution in [0, 0.1) is 10.1 Å². The van der Waals surface area contributed by atoms with Crippen LogP contribution in [0.5, 0.6) is 0 Å². The fraction of sp³-hybridized carbons (Fsp3) is 0.250. The van der Waals surface area contributed by atoms with Crippen LogP contribution in [0.2, 0.25) is 5.02 Å². The predicted molar refractivity (Wildman–Crippen MR) is 133 cm³/mol. The van der Waals surface area contributed by atoms with Crippen LogP contribution in [-0.4, -0.2) is 23.7 Å². The molecule has 1 aliphatic carbocycles. The lowest BCUT2D eigenvalue weighted by molar-refractivity contribution is -0.387. The van der Waals surface area contributed by atoms with E-state index in [2.05, 4.69) is 4.99 Å². The van der Waals surface area contributed by atoms with Gasteiger partial charge in [0.2, 0.25) is 0 Å². The Morgan fingerprint density at radius 1 is 1.24 bits per heavy atom. The first-order chi connectivity index (χ1) is 16.0. The molecule has 0 N–H and O–H groups in total. The molecule has 0 spiro atoms. The van der Waals surface area contributed by atoms with Crippen molar-refractivity contribution >= 4 is 57.6 Å². The summed E-state index contributed by atoms with van der Waals surface area (Å²) < 4.78 is 5.27. The second-order valence-electron chi connectivity index (χ2n) is 7.41. The van der Waals surface area contributed by atoms with Gasteiger partial charge in [-0.3, -0.25) is 10.1 Å². The second-order valence-corrected chi connectivity index (χ2v) is 10.0. The Morgan fingerprint density at radius 2 is 2.00 bits per heavy atom. The molecule has 1 aliphatic rings. The normalized spacial score (nSPS) is 13.2. The molecule has 0 fully saturated rings. The molecule has 0 amide bonds. The number of aliphatic imine (C=N–C) groups is 1. The van der Waals surface area contributed by atoms with Crippen LogP contribution < -0.4 is 0 Å². The Kier molecular flexibility index (Phi) is 7.47. The zero-order chi connectivity index (χ0) is 23.4. The van der Waals surface area contributed by atoms with E-state index < -0.39 is 4.92 Å². The quantitative estimate of drug-likeness (QED) is 0.147. The fourth-order valence-corrected chi connectivity index (χ4v) is 5.91. The van der Waals surface area contributed by atoms with Gasteiger partial charge in [-0.25, -0.2) is 9.79 Å². The Hall–Kier alpha value is -2.68. The van der Waals surface area contributed by atoms with E-state index >= 15 is 0 Å². The van der Waals surface area contributed by atoms with Crippen molar-refractivity contribution in [3.05, 3.63) is 79.2 Å². The average molecular weight is 501 g/mol. The van der Waals surface area contributed by atoms with Crippen LogP contribution in [0.3, 0.4) is 0 Å². The van der Waals surface area contributed by atoms with Crippen LogP contribution in [0.4, 0.5) is 10.7 Å². The van der Waals surface area contributed by atoms with Crippen LogP contribution >= 0.6 is 34.7 Å². The molecule has 0 aliphatic heterocycles. The molecule has 3 aromatic rings. The third-order valence-electron chi connectivity index (χ3n) is 5.18. The summed E-state index contributed by atoms with van der Waals surface area (Å²) in [4.78, 5) is 31.0. The molecule has 0 unspecified atom stereocenters. The van der Waals surface area contributed by atoms with Crippen molar-refractivity contribution in [3.8, 4) is 0 Å². The van der Waals surface area contributed by atoms with Gasteiger partial charge in [0.25, 0.3) is 5.69 Å². The standard InChI is InChI=1S/C24H21ClN2O4S2/c1-2-31-24(28)22-18-5-3-4-6-20(18)33-23(22)26-14-15-7-12-21(19(13-15)27(29)30)32-17-10-8-16(25)9-11-17/h7-14H,2-6H2,1H3. The third kappa shape index (κ3) is 5.46. The molecule has 6 nitrogen and oxygen atoms in total. The van der Waals surface area contributed by atoms with Gasteiger partial charge in [0.15, 0.2) is 0 Å². The van der Waals surface area contributed by atoms with Gasteiger partial charge in [-0.2, -0.15) is 0 Å². The minimum Gasteiger partial charge on any atom is -0.462 e. The number of rotatable bonds is 7. The molecule has 0 saturated heterocycles. The first kappa shape index (κ1) is 23.5. The van der Waals surface area contributed by atoms with Crippen LogP contribution in [0.25, 0.3) is 0 Å². The third-order valence-corrected chi connectivity index (χ3v) is 7.71. The van der Waals surface area contributed by atoms with Gasteiger partial charge in [-0.15, -0.1) is 11.3 Å². The molecule has 170 valence electrons. The molecule has 1 aromatic heterocycles. The summed E-state index contributed by atoms with van der Waals surface area (Å²) in [5, 5.41) is 12.9. The molecule has 2 aromatic carbocycles. The first-order valence-corrected chi connectivity index (χ1v) is 12.5. The summed E-state index contributed by atoms with van der Waals surface area (Å²) in [6.45, 7) is 2.08. The number of nitrogens with zero attached hydrogens (tertiary/aromatic N) is 2. The maximum atomic E-state index is 12.6. The molecule has 0 saturated carbocycles. The number of halogens is 1. The number of nitro benzene ring substituents is 1. The van der Waals surface area contributed by atoms with E-state index in [0.29, 0.717) is 32.7 Å². The topological polar surface area (TPSA) is 81.8 Å². The maximum Gasteiger partial charge on any atom is 0.341 e. The smallest absolute Gasteiger partial charge is 0.341 e. The molecule has 0 radical (unpaired) electrons. The van der Waals surface area contributed by atoms with Gasteiger partial charge in [-0.05, 0) is 74.1 Å². The number of fused-ring (bicyclic) bond motifs is 1. The summed E-state index contributed by atoms with van der Waals surface area (Å²) in [5.74, 6) is -0.357. The number of carbonyl (C=O) groups is 1. The SMILES string of the molecule is CCOC(=O)c1c(N=Cc2ccc(Sc3ccc(Cl)cc3)c([N+](=O)[O-])c2)sc2c1CCCC2. The number of ether oxygens (including phenoxy) is 1. The van der Waals surface area contributed by atoms with E-state index in [1.807, 2.05) is 12.1 Å². The van der Waals surface area contributed by atoms with Gasteiger partial charge in [-0.1, -0.05) is 29.4 Å². The zero-order valence-corrected chi connectivity index (χ0v) is 20.3. The van der Waals surface area contributed by atoms with Crippen molar-refractivity contribution in [2.45, 2.75) is 42.4 Å². The Bertz CT molecular complexity index is 1220. The van der Waals surface area contributed by atoms with E-state index in [9.17, 15) is 14.9 Å². The van der Waals surface area contributed by atoms with Crippen LogP contribution in [-0.2, 0) is 17.6 Å². The monoisotopic (exact) mass is 500 g/mol. The molecular formula is C24H21ClN2O4S2. The first-order valence-electron chi connectivity index (χ1n) is 10.5. The second kappa shape index (κ2) is 10.5. The number of carbonyl (C=O) groups excluding carboxylic acids is 1. The minimum absolute atomic E-state index is 0.00464. The highest BCUT2D eigenvalue weighted by atomic mass is 35.5. The highest BCUT2D eigenvalue weighted by Gasteiger charge is 2.26. The number of benzene rings is 2. The lowest BCUT2D eigenvalue weighted by Crippen LogP contribution is -2.09. The average Bonchev–Trinajstić information content (AvgIpc) is 3.18. The molecule has 9 heteroatoms. The van der Waals surface area contributed by atoms with Crippen molar-refractivity contribution in [2.24, 2.45) is 4.99 Å². The summed E-state index contributed by atoms with van der Waals surface area (Å²) in [6, 6.07) is 12.1. The van der Waals surface area contributed by atoms with E-state index in [-0.39, 0.29) is 11.7 Å². The van der Waals surface area contributed by atoms with Gasteiger partial charge in [0.05, 0.1) is 22.0 Å². The van der Waals surface area contributed by atoms with E-state index in [1.54, 1.807) is 37.4 Å². The van der Waals surface area contributed by atoms with E-state index in [0.717, 1.165) is 36.1 Å². The molecule has 4 rings (SSSR count). The number of esters is 1. The predicted octanol–water partition coefficient (Wildman–Crippen LogP) is 7.27. The number of nitro groups is 1. The molecule has 0 atom stereocenters. The summed E-state index contributed by atoms with van der Waals surface area (Å²) in [6.07, 6.45) is 5.49. The number of hydrogen-bond donors (Lipinski definition) is 0. The maximum absolute atomic E-state index is 12.6. The highest BCUT2D eigenvalue weighted by molar-refractivity contribution is 7.99. The van der Waals surface area contributed by atoms with Crippen molar-refractivity contribution < 1.29 is 14.5 Å². The van der Waals surface area contributed by atoms with Crippen LogP contribution in [0.1, 0.15) is 46.1 Å². The molecule has 1 heterocycles. The lowest BCUT2D eigenvalue weighted by Gasteiger charge is -2.11. The van der Waals surface area contributed by atoms with Gasteiger partial charge in [0.1, 0.15) is 5.00 Å². The summed E-state index contributed by atoms with van der Waals surface area (Å²) in [7, 11) is 0. The fourth-order valence-electron chi connectivity index (χ4n) is 3.66.